The first kappa shape index (κ1) is 21.3. The van der Waals surface area contributed by atoms with Gasteiger partial charge >= 0.3 is 0 Å². The van der Waals surface area contributed by atoms with Gasteiger partial charge < -0.3 is 9.15 Å². The molecule has 0 atom stereocenters. The first-order chi connectivity index (χ1) is 14.4. The number of benzene rings is 1. The summed E-state index contributed by atoms with van der Waals surface area (Å²) in [6, 6.07) is 11.1. The molecule has 0 aliphatic carbocycles. The predicted octanol–water partition coefficient (Wildman–Crippen LogP) is 4.69. The number of hydrazone groups is 1. The Labute approximate surface area is 179 Å². The van der Waals surface area contributed by atoms with Crippen LogP contribution in [0.2, 0.25) is 0 Å². The highest BCUT2D eigenvalue weighted by Crippen LogP contribution is 2.31. The summed E-state index contributed by atoms with van der Waals surface area (Å²) < 4.78 is 11.1. The van der Waals surface area contributed by atoms with Crippen molar-refractivity contribution in [1.82, 2.24) is 10.4 Å². The second kappa shape index (κ2) is 9.37. The van der Waals surface area contributed by atoms with E-state index in [4.69, 9.17) is 9.15 Å². The van der Waals surface area contributed by atoms with Gasteiger partial charge in [0.1, 0.15) is 33.2 Å². The number of aryl methyl sites for hydroxylation is 2. The fourth-order valence-electron chi connectivity index (χ4n) is 2.59. The summed E-state index contributed by atoms with van der Waals surface area (Å²) in [5.74, 6) is 1.87. The molecule has 0 aliphatic heterocycles. The highest BCUT2D eigenvalue weighted by Gasteiger charge is 2.17. The molecule has 0 fully saturated rings. The molecule has 0 spiro atoms. The van der Waals surface area contributed by atoms with Crippen LogP contribution in [0.5, 0.6) is 5.75 Å². The van der Waals surface area contributed by atoms with Crippen molar-refractivity contribution in [3.63, 3.8) is 0 Å². The SMILES string of the molecule is Cc1ccc(/C=N/NC(=O)c2sc(-c3ccc(OCC(C)C)c(C#N)c3)nc2C)o1. The molecule has 0 aliphatic rings. The number of carbonyl (C=O) groups excluding carboxylic acids is 1. The molecule has 1 aromatic carbocycles. The Bertz CT molecular complexity index is 1120. The van der Waals surface area contributed by atoms with Crippen molar-refractivity contribution in [2.24, 2.45) is 11.0 Å². The number of rotatable bonds is 7. The van der Waals surface area contributed by atoms with Crippen molar-refractivity contribution in [3.8, 4) is 22.4 Å². The zero-order valence-corrected chi connectivity index (χ0v) is 18.0. The van der Waals surface area contributed by atoms with E-state index in [1.54, 1.807) is 25.1 Å². The van der Waals surface area contributed by atoms with Gasteiger partial charge in [0.25, 0.3) is 5.91 Å². The average molecular weight is 423 g/mol. The van der Waals surface area contributed by atoms with Crippen LogP contribution in [0, 0.1) is 31.1 Å². The molecule has 3 aromatic rings. The van der Waals surface area contributed by atoms with E-state index in [1.807, 2.05) is 32.9 Å². The first-order valence-electron chi connectivity index (χ1n) is 9.42. The molecule has 0 radical (unpaired) electrons. The van der Waals surface area contributed by atoms with Crippen LogP contribution in [-0.2, 0) is 0 Å². The summed E-state index contributed by atoms with van der Waals surface area (Å²) in [6.07, 6.45) is 1.44. The summed E-state index contributed by atoms with van der Waals surface area (Å²) in [7, 11) is 0. The van der Waals surface area contributed by atoms with Gasteiger partial charge in [-0.1, -0.05) is 13.8 Å². The highest BCUT2D eigenvalue weighted by atomic mass is 32.1. The van der Waals surface area contributed by atoms with Crippen LogP contribution in [-0.4, -0.2) is 23.7 Å². The Hall–Kier alpha value is -3.44. The first-order valence-corrected chi connectivity index (χ1v) is 10.2. The minimum atomic E-state index is -0.354. The second-order valence-corrected chi connectivity index (χ2v) is 8.11. The van der Waals surface area contributed by atoms with Crippen molar-refractivity contribution < 1.29 is 13.9 Å². The van der Waals surface area contributed by atoms with Crippen LogP contribution in [0.15, 0.2) is 39.9 Å². The summed E-state index contributed by atoms with van der Waals surface area (Å²) in [5.41, 5.74) is 4.27. The van der Waals surface area contributed by atoms with Crippen LogP contribution in [0.25, 0.3) is 10.6 Å². The molecule has 2 heterocycles. The van der Waals surface area contributed by atoms with Gasteiger partial charge in [0, 0.05) is 5.56 Å². The third-order valence-corrected chi connectivity index (χ3v) is 5.25. The van der Waals surface area contributed by atoms with Crippen LogP contribution in [0.3, 0.4) is 0 Å². The van der Waals surface area contributed by atoms with Gasteiger partial charge in [-0.25, -0.2) is 10.4 Å². The largest absolute Gasteiger partial charge is 0.492 e. The molecular formula is C22H22N4O3S. The maximum Gasteiger partial charge on any atom is 0.283 e. The number of amides is 1. The number of thiazole rings is 1. The van der Waals surface area contributed by atoms with Crippen molar-refractivity contribution >= 4 is 23.5 Å². The van der Waals surface area contributed by atoms with Crippen LogP contribution >= 0.6 is 11.3 Å². The third kappa shape index (κ3) is 5.13. The van der Waals surface area contributed by atoms with Crippen molar-refractivity contribution in [1.29, 1.82) is 5.26 Å². The number of carbonyl (C=O) groups is 1. The summed E-state index contributed by atoms with van der Waals surface area (Å²) in [6.45, 7) is 8.22. The normalized spacial score (nSPS) is 11.1. The van der Waals surface area contributed by atoms with Crippen molar-refractivity contribution in [3.05, 3.63) is 58.0 Å². The number of nitrogens with zero attached hydrogens (tertiary/aromatic N) is 3. The molecule has 3 rings (SSSR count). The molecule has 8 heteroatoms. The van der Waals surface area contributed by atoms with Crippen LogP contribution < -0.4 is 10.2 Å². The maximum atomic E-state index is 12.5. The number of ether oxygens (including phenoxy) is 1. The Morgan fingerprint density at radius 2 is 2.17 bits per heavy atom. The van der Waals surface area contributed by atoms with E-state index in [9.17, 15) is 10.1 Å². The van der Waals surface area contributed by atoms with Crippen molar-refractivity contribution in [2.45, 2.75) is 27.7 Å². The third-order valence-electron chi connectivity index (χ3n) is 4.04. The fraction of sp³-hybridized carbons (Fsp3) is 0.273. The fourth-order valence-corrected chi connectivity index (χ4v) is 3.54. The van der Waals surface area contributed by atoms with E-state index in [-0.39, 0.29) is 5.91 Å². The lowest BCUT2D eigenvalue weighted by molar-refractivity contribution is 0.0958. The lowest BCUT2D eigenvalue weighted by atomic mass is 10.1. The number of nitriles is 1. The molecule has 1 N–H and O–H groups in total. The number of hydrogen-bond acceptors (Lipinski definition) is 7. The molecule has 7 nitrogen and oxygen atoms in total. The highest BCUT2D eigenvalue weighted by molar-refractivity contribution is 7.17. The minimum Gasteiger partial charge on any atom is -0.492 e. The average Bonchev–Trinajstić information content (AvgIpc) is 3.31. The second-order valence-electron chi connectivity index (χ2n) is 7.11. The zero-order valence-electron chi connectivity index (χ0n) is 17.2. The molecule has 30 heavy (non-hydrogen) atoms. The van der Waals surface area contributed by atoms with Gasteiger partial charge in [0.15, 0.2) is 0 Å². The van der Waals surface area contributed by atoms with Gasteiger partial charge in [0.05, 0.1) is 24.1 Å². The number of aromatic nitrogens is 1. The molecular weight excluding hydrogens is 400 g/mol. The lowest BCUT2D eigenvalue weighted by Crippen LogP contribution is -2.17. The van der Waals surface area contributed by atoms with Gasteiger partial charge in [-0.2, -0.15) is 10.4 Å². The number of furan rings is 1. The Morgan fingerprint density at radius 3 is 2.83 bits per heavy atom. The Morgan fingerprint density at radius 1 is 1.37 bits per heavy atom. The molecule has 154 valence electrons. The van der Waals surface area contributed by atoms with Gasteiger partial charge in [-0.3, -0.25) is 4.79 Å². The Kier molecular flexibility index (Phi) is 6.65. The van der Waals surface area contributed by atoms with Gasteiger partial charge in [-0.15, -0.1) is 11.3 Å². The van der Waals surface area contributed by atoms with E-state index < -0.39 is 0 Å². The van der Waals surface area contributed by atoms with Crippen molar-refractivity contribution in [2.75, 3.05) is 6.61 Å². The molecule has 0 unspecified atom stereocenters. The minimum absolute atomic E-state index is 0.354. The quantitative estimate of drug-likeness (QED) is 0.440. The lowest BCUT2D eigenvalue weighted by Gasteiger charge is -2.10. The standard InChI is InChI=1S/C22H22N4O3S/c1-13(2)12-28-19-8-6-16(9-17(19)10-23)22-25-15(4)20(30-22)21(27)26-24-11-18-7-5-14(3)29-18/h5-9,11,13H,12H2,1-4H3,(H,26,27)/b24-11+. The molecule has 2 aromatic heterocycles. The maximum absolute atomic E-state index is 12.5. The number of hydrogen-bond donors (Lipinski definition) is 1. The summed E-state index contributed by atoms with van der Waals surface area (Å²) in [4.78, 5) is 17.4. The molecule has 0 saturated carbocycles. The summed E-state index contributed by atoms with van der Waals surface area (Å²) in [5, 5.41) is 14.0. The predicted molar refractivity (Wildman–Crippen MR) is 116 cm³/mol. The zero-order chi connectivity index (χ0) is 21.7. The van der Waals surface area contributed by atoms with Crippen LogP contribution in [0.4, 0.5) is 0 Å². The molecule has 0 bridgehead atoms. The number of nitrogens with one attached hydrogen (secondary N) is 1. The van der Waals surface area contributed by atoms with E-state index in [2.05, 4.69) is 21.6 Å². The van der Waals surface area contributed by atoms with E-state index in [0.717, 1.165) is 11.3 Å². The van der Waals surface area contributed by atoms with E-state index >= 15 is 0 Å². The van der Waals surface area contributed by atoms with E-state index in [0.29, 0.717) is 45.2 Å². The van der Waals surface area contributed by atoms with Gasteiger partial charge in [0.2, 0.25) is 0 Å². The smallest absolute Gasteiger partial charge is 0.283 e. The Balaban J connectivity index is 1.75. The topological polar surface area (TPSA) is 101 Å². The van der Waals surface area contributed by atoms with Gasteiger partial charge in [-0.05, 0) is 50.1 Å². The summed E-state index contributed by atoms with van der Waals surface area (Å²) >= 11 is 1.24. The molecule has 1 amide bonds. The van der Waals surface area contributed by atoms with E-state index in [1.165, 1.54) is 17.6 Å². The van der Waals surface area contributed by atoms with Crippen LogP contribution in [0.1, 0.15) is 46.3 Å². The monoisotopic (exact) mass is 422 g/mol. The molecule has 0 saturated heterocycles.